The molecular weight excluding hydrogens is 341 g/mol. The van der Waals surface area contributed by atoms with Gasteiger partial charge in [0.05, 0.1) is 0 Å². The Labute approximate surface area is 143 Å². The monoisotopic (exact) mass is 364 g/mol. The molecule has 1 heterocycles. The summed E-state index contributed by atoms with van der Waals surface area (Å²) in [6, 6.07) is 5.97. The van der Waals surface area contributed by atoms with Gasteiger partial charge in [-0.1, -0.05) is 32.6 Å². The highest BCUT2D eigenvalue weighted by atomic mass is 32.2. The Bertz CT molecular complexity index is 544. The average molecular weight is 364 g/mol. The Morgan fingerprint density at radius 3 is 2.42 bits per heavy atom. The van der Waals surface area contributed by atoms with E-state index in [2.05, 4.69) is 16.2 Å². The second-order valence-electron chi connectivity index (χ2n) is 4.84. The van der Waals surface area contributed by atoms with Crippen LogP contribution in [0.4, 0.5) is 13.2 Å². The maximum absolute atomic E-state index is 12.2. The van der Waals surface area contributed by atoms with E-state index in [-0.39, 0.29) is 5.75 Å². The summed E-state index contributed by atoms with van der Waals surface area (Å²) in [5.41, 5.74) is 0.750. The molecule has 0 radical (unpaired) electrons. The van der Waals surface area contributed by atoms with Crippen LogP contribution in [0.3, 0.4) is 0 Å². The molecule has 0 aliphatic carbocycles. The van der Waals surface area contributed by atoms with E-state index in [4.69, 9.17) is 0 Å². The van der Waals surface area contributed by atoms with Crippen molar-refractivity contribution < 1.29 is 22.1 Å². The SMILES string of the molecule is C=CS(=O)N1CCN(Cc2cccc(OC(F)(F)F)c2)CC1.CC. The standard InChI is InChI=1S/C14H17F3N2O2S.C2H6/c1-2-22(20)19-8-6-18(7-9-19)11-12-4-3-5-13(10-12)21-14(15,16)17;1-2/h2-5,10H,1,6-9,11H2;1-2H3. The molecule has 0 spiro atoms. The van der Waals surface area contributed by atoms with Crippen molar-refractivity contribution in [3.63, 3.8) is 0 Å². The third kappa shape index (κ3) is 7.02. The minimum atomic E-state index is -4.68. The fourth-order valence-corrected chi connectivity index (χ4v) is 3.01. The van der Waals surface area contributed by atoms with Gasteiger partial charge in [0.2, 0.25) is 0 Å². The zero-order valence-corrected chi connectivity index (χ0v) is 14.7. The van der Waals surface area contributed by atoms with Gasteiger partial charge in [-0.2, -0.15) is 0 Å². The number of ether oxygens (including phenoxy) is 1. The number of hydrogen-bond acceptors (Lipinski definition) is 3. The number of benzene rings is 1. The molecular formula is C16H23F3N2O2S. The molecule has 1 aliphatic rings. The lowest BCUT2D eigenvalue weighted by atomic mass is 10.2. The van der Waals surface area contributed by atoms with Crippen LogP contribution in [0, 0.1) is 0 Å². The van der Waals surface area contributed by atoms with Crippen LogP contribution >= 0.6 is 0 Å². The van der Waals surface area contributed by atoms with E-state index >= 15 is 0 Å². The topological polar surface area (TPSA) is 32.8 Å². The van der Waals surface area contributed by atoms with Crippen LogP contribution in [-0.2, 0) is 17.5 Å². The molecule has 1 unspecified atom stereocenters. The summed E-state index contributed by atoms with van der Waals surface area (Å²) < 4.78 is 53.9. The second kappa shape index (κ2) is 9.80. The Kier molecular flexibility index (Phi) is 8.44. The van der Waals surface area contributed by atoms with E-state index in [9.17, 15) is 17.4 Å². The van der Waals surface area contributed by atoms with Crippen molar-refractivity contribution in [3.05, 3.63) is 41.8 Å². The van der Waals surface area contributed by atoms with Gasteiger partial charge in [0, 0.05) is 38.1 Å². The first-order valence-electron chi connectivity index (χ1n) is 7.72. The molecule has 1 aromatic carbocycles. The first kappa shape index (κ1) is 20.7. The molecule has 1 aliphatic heterocycles. The van der Waals surface area contributed by atoms with Crippen LogP contribution in [0.15, 0.2) is 36.3 Å². The van der Waals surface area contributed by atoms with Gasteiger partial charge in [-0.3, -0.25) is 4.90 Å². The minimum absolute atomic E-state index is 0.212. The number of rotatable bonds is 5. The molecule has 1 fully saturated rings. The van der Waals surface area contributed by atoms with Crippen LogP contribution in [0.1, 0.15) is 19.4 Å². The van der Waals surface area contributed by atoms with Crippen LogP contribution < -0.4 is 4.74 Å². The normalized spacial score (nSPS) is 17.5. The van der Waals surface area contributed by atoms with Gasteiger partial charge in [0.1, 0.15) is 16.7 Å². The van der Waals surface area contributed by atoms with Crippen molar-refractivity contribution in [2.45, 2.75) is 26.8 Å². The van der Waals surface area contributed by atoms with Crippen molar-refractivity contribution in [1.29, 1.82) is 0 Å². The molecule has 0 amide bonds. The van der Waals surface area contributed by atoms with E-state index in [1.54, 1.807) is 12.1 Å². The predicted octanol–water partition coefficient (Wildman–Crippen LogP) is 3.54. The Morgan fingerprint density at radius 1 is 1.25 bits per heavy atom. The summed E-state index contributed by atoms with van der Waals surface area (Å²) in [6.07, 6.45) is -4.68. The minimum Gasteiger partial charge on any atom is -0.406 e. The fraction of sp³-hybridized carbons (Fsp3) is 0.500. The molecule has 1 atom stereocenters. The van der Waals surface area contributed by atoms with Crippen LogP contribution in [0.25, 0.3) is 0 Å². The molecule has 8 heteroatoms. The lowest BCUT2D eigenvalue weighted by Crippen LogP contribution is -2.45. The largest absolute Gasteiger partial charge is 0.573 e. The van der Waals surface area contributed by atoms with Gasteiger partial charge >= 0.3 is 6.36 Å². The van der Waals surface area contributed by atoms with Crippen molar-refractivity contribution in [3.8, 4) is 5.75 Å². The highest BCUT2D eigenvalue weighted by molar-refractivity contribution is 7.85. The van der Waals surface area contributed by atoms with Crippen LogP contribution in [0.2, 0.25) is 0 Å². The van der Waals surface area contributed by atoms with Gasteiger partial charge in [0.25, 0.3) is 0 Å². The smallest absolute Gasteiger partial charge is 0.406 e. The van der Waals surface area contributed by atoms with Crippen molar-refractivity contribution in [1.82, 2.24) is 9.21 Å². The molecule has 0 N–H and O–H groups in total. The Balaban J connectivity index is 0.00000139. The van der Waals surface area contributed by atoms with Gasteiger partial charge in [-0.25, -0.2) is 8.51 Å². The predicted molar refractivity (Wildman–Crippen MR) is 89.7 cm³/mol. The summed E-state index contributed by atoms with van der Waals surface area (Å²) in [7, 11) is -1.16. The lowest BCUT2D eigenvalue weighted by Gasteiger charge is -2.33. The molecule has 0 aromatic heterocycles. The summed E-state index contributed by atoms with van der Waals surface area (Å²) in [5.74, 6) is -0.212. The van der Waals surface area contributed by atoms with Crippen LogP contribution in [-0.4, -0.2) is 46.0 Å². The summed E-state index contributed by atoms with van der Waals surface area (Å²) in [5, 5.41) is 1.40. The highest BCUT2D eigenvalue weighted by Gasteiger charge is 2.31. The summed E-state index contributed by atoms with van der Waals surface area (Å²) in [4.78, 5) is 2.10. The molecule has 1 aromatic rings. The number of hydrogen-bond donors (Lipinski definition) is 0. The van der Waals surface area contributed by atoms with Gasteiger partial charge in [0.15, 0.2) is 0 Å². The molecule has 0 saturated carbocycles. The van der Waals surface area contributed by atoms with Gasteiger partial charge in [-0.05, 0) is 17.7 Å². The van der Waals surface area contributed by atoms with E-state index in [1.807, 2.05) is 18.2 Å². The maximum Gasteiger partial charge on any atom is 0.573 e. The third-order valence-corrected chi connectivity index (χ3v) is 4.43. The van der Waals surface area contributed by atoms with E-state index in [0.29, 0.717) is 32.7 Å². The summed E-state index contributed by atoms with van der Waals surface area (Å²) >= 11 is 0. The lowest BCUT2D eigenvalue weighted by molar-refractivity contribution is -0.274. The van der Waals surface area contributed by atoms with Gasteiger partial charge in [-0.15, -0.1) is 13.2 Å². The van der Waals surface area contributed by atoms with E-state index in [0.717, 1.165) is 5.56 Å². The Hall–Kier alpha value is -1.38. The second-order valence-corrected chi connectivity index (χ2v) is 6.25. The fourth-order valence-electron chi connectivity index (χ4n) is 2.27. The van der Waals surface area contributed by atoms with Crippen molar-refractivity contribution in [2.24, 2.45) is 0 Å². The first-order valence-corrected chi connectivity index (χ1v) is 8.89. The van der Waals surface area contributed by atoms with Crippen LogP contribution in [0.5, 0.6) is 5.75 Å². The summed E-state index contributed by atoms with van der Waals surface area (Å²) in [6.45, 7) is 10.7. The van der Waals surface area contributed by atoms with Crippen molar-refractivity contribution in [2.75, 3.05) is 26.2 Å². The van der Waals surface area contributed by atoms with E-state index < -0.39 is 17.3 Å². The average Bonchev–Trinajstić information content (AvgIpc) is 2.55. The molecule has 4 nitrogen and oxygen atoms in total. The molecule has 136 valence electrons. The quantitative estimate of drug-likeness (QED) is 0.801. The number of nitrogens with zero attached hydrogens (tertiary/aromatic N) is 2. The number of alkyl halides is 3. The zero-order chi connectivity index (χ0) is 18.2. The zero-order valence-electron chi connectivity index (χ0n) is 13.9. The molecule has 1 saturated heterocycles. The highest BCUT2D eigenvalue weighted by Crippen LogP contribution is 2.24. The molecule has 0 bridgehead atoms. The Morgan fingerprint density at radius 2 is 1.88 bits per heavy atom. The van der Waals surface area contributed by atoms with Crippen molar-refractivity contribution >= 4 is 11.0 Å². The molecule has 24 heavy (non-hydrogen) atoms. The first-order chi connectivity index (χ1) is 11.4. The maximum atomic E-state index is 12.2. The third-order valence-electron chi connectivity index (χ3n) is 3.27. The number of piperazine rings is 1. The molecule has 2 rings (SSSR count). The van der Waals surface area contributed by atoms with Gasteiger partial charge < -0.3 is 4.74 Å². The van der Waals surface area contributed by atoms with E-state index in [1.165, 1.54) is 17.5 Å². The number of halogens is 3.